The SMILES string of the molecule is O=S1(=O)C=CC(Nc2ccc(C(F)(F)F)cc2Br)C1. The Morgan fingerprint density at radius 1 is 1.32 bits per heavy atom. The summed E-state index contributed by atoms with van der Waals surface area (Å²) < 4.78 is 60.1. The van der Waals surface area contributed by atoms with Crippen LogP contribution in [0, 0.1) is 0 Å². The summed E-state index contributed by atoms with van der Waals surface area (Å²) in [6.07, 6.45) is -2.93. The van der Waals surface area contributed by atoms with E-state index in [0.29, 0.717) is 5.69 Å². The van der Waals surface area contributed by atoms with Crippen LogP contribution in [-0.4, -0.2) is 20.2 Å². The molecule has 19 heavy (non-hydrogen) atoms. The van der Waals surface area contributed by atoms with Gasteiger partial charge in [0, 0.05) is 15.6 Å². The van der Waals surface area contributed by atoms with Crippen LogP contribution in [0.1, 0.15) is 5.56 Å². The Labute approximate surface area is 116 Å². The number of benzene rings is 1. The average molecular weight is 356 g/mol. The van der Waals surface area contributed by atoms with Crippen LogP contribution in [-0.2, 0) is 16.0 Å². The molecule has 1 aromatic carbocycles. The molecule has 0 bridgehead atoms. The highest BCUT2D eigenvalue weighted by atomic mass is 79.9. The van der Waals surface area contributed by atoms with E-state index in [2.05, 4.69) is 21.2 Å². The Morgan fingerprint density at radius 2 is 2.00 bits per heavy atom. The molecule has 0 amide bonds. The van der Waals surface area contributed by atoms with Crippen LogP contribution >= 0.6 is 15.9 Å². The van der Waals surface area contributed by atoms with Crippen LogP contribution in [0.4, 0.5) is 18.9 Å². The maximum Gasteiger partial charge on any atom is 0.416 e. The first-order valence-electron chi connectivity index (χ1n) is 5.22. The number of sulfone groups is 1. The largest absolute Gasteiger partial charge is 0.416 e. The van der Waals surface area contributed by atoms with Gasteiger partial charge in [0.15, 0.2) is 9.84 Å². The van der Waals surface area contributed by atoms with Crippen molar-refractivity contribution in [2.75, 3.05) is 11.1 Å². The summed E-state index contributed by atoms with van der Waals surface area (Å²) in [5.41, 5.74) is -0.348. The zero-order chi connectivity index (χ0) is 14.3. The van der Waals surface area contributed by atoms with Crippen molar-refractivity contribution in [3.05, 3.63) is 39.7 Å². The number of nitrogens with one attached hydrogen (secondary N) is 1. The van der Waals surface area contributed by atoms with Gasteiger partial charge in [-0.2, -0.15) is 13.2 Å². The molecule has 0 fully saturated rings. The van der Waals surface area contributed by atoms with Crippen LogP contribution in [0.3, 0.4) is 0 Å². The molecule has 0 saturated carbocycles. The number of hydrogen-bond acceptors (Lipinski definition) is 3. The highest BCUT2D eigenvalue weighted by Crippen LogP contribution is 2.34. The van der Waals surface area contributed by atoms with E-state index >= 15 is 0 Å². The summed E-state index contributed by atoms with van der Waals surface area (Å²) in [7, 11) is -3.20. The Hall–Kier alpha value is -1.02. The lowest BCUT2D eigenvalue weighted by Crippen LogP contribution is -2.21. The fourth-order valence-electron chi connectivity index (χ4n) is 1.67. The number of rotatable bonds is 2. The lowest BCUT2D eigenvalue weighted by molar-refractivity contribution is -0.137. The van der Waals surface area contributed by atoms with Gasteiger partial charge in [-0.05, 0) is 34.1 Å². The molecule has 1 unspecified atom stereocenters. The van der Waals surface area contributed by atoms with Crippen LogP contribution < -0.4 is 5.32 Å². The molecule has 2 rings (SSSR count). The van der Waals surface area contributed by atoms with Gasteiger partial charge in [-0.1, -0.05) is 6.08 Å². The molecule has 1 N–H and O–H groups in total. The molecule has 8 heteroatoms. The minimum absolute atomic E-state index is 0.0968. The highest BCUT2D eigenvalue weighted by molar-refractivity contribution is 9.10. The lowest BCUT2D eigenvalue weighted by atomic mass is 10.2. The lowest BCUT2D eigenvalue weighted by Gasteiger charge is -2.15. The molecular weight excluding hydrogens is 347 g/mol. The van der Waals surface area contributed by atoms with Crippen LogP contribution in [0.15, 0.2) is 34.2 Å². The topological polar surface area (TPSA) is 46.2 Å². The van der Waals surface area contributed by atoms with Crippen LogP contribution in [0.5, 0.6) is 0 Å². The molecule has 0 aliphatic carbocycles. The monoisotopic (exact) mass is 355 g/mol. The van der Waals surface area contributed by atoms with Gasteiger partial charge < -0.3 is 5.32 Å². The molecular formula is C11H9BrF3NO2S. The Kier molecular flexibility index (Phi) is 3.65. The van der Waals surface area contributed by atoms with Gasteiger partial charge in [0.2, 0.25) is 0 Å². The molecule has 0 aromatic heterocycles. The first-order chi connectivity index (χ1) is 8.67. The molecule has 0 spiro atoms. The van der Waals surface area contributed by atoms with Gasteiger partial charge in [0.1, 0.15) is 0 Å². The summed E-state index contributed by atoms with van der Waals surface area (Å²) in [5, 5.41) is 3.96. The maximum atomic E-state index is 12.5. The van der Waals surface area contributed by atoms with E-state index in [1.54, 1.807) is 0 Å². The zero-order valence-corrected chi connectivity index (χ0v) is 11.8. The second-order valence-electron chi connectivity index (χ2n) is 4.10. The fraction of sp³-hybridized carbons (Fsp3) is 0.273. The second-order valence-corrected chi connectivity index (χ2v) is 6.89. The van der Waals surface area contributed by atoms with Gasteiger partial charge in [-0.3, -0.25) is 0 Å². The van der Waals surface area contributed by atoms with E-state index in [4.69, 9.17) is 0 Å². The smallest absolute Gasteiger partial charge is 0.377 e. The van der Waals surface area contributed by atoms with Crippen LogP contribution in [0.25, 0.3) is 0 Å². The normalized spacial score (nSPS) is 21.6. The van der Waals surface area contributed by atoms with Crippen molar-refractivity contribution in [3.63, 3.8) is 0 Å². The summed E-state index contributed by atoms with van der Waals surface area (Å²) >= 11 is 3.04. The number of anilines is 1. The predicted octanol–water partition coefficient (Wildman–Crippen LogP) is 3.19. The van der Waals surface area contributed by atoms with E-state index in [0.717, 1.165) is 17.5 Å². The molecule has 3 nitrogen and oxygen atoms in total. The van der Waals surface area contributed by atoms with Gasteiger partial charge in [-0.25, -0.2) is 8.42 Å². The molecule has 0 saturated heterocycles. The third-order valence-electron chi connectivity index (χ3n) is 2.57. The Morgan fingerprint density at radius 3 is 2.47 bits per heavy atom. The van der Waals surface area contributed by atoms with Gasteiger partial charge in [-0.15, -0.1) is 0 Å². The Bertz CT molecular complexity index is 625. The van der Waals surface area contributed by atoms with E-state index < -0.39 is 27.6 Å². The van der Waals surface area contributed by atoms with E-state index in [1.165, 1.54) is 12.1 Å². The van der Waals surface area contributed by atoms with Crippen molar-refractivity contribution < 1.29 is 21.6 Å². The Balaban J connectivity index is 2.17. The van der Waals surface area contributed by atoms with Crippen LogP contribution in [0.2, 0.25) is 0 Å². The molecule has 104 valence electrons. The van der Waals surface area contributed by atoms with Crippen molar-refractivity contribution >= 4 is 31.5 Å². The van der Waals surface area contributed by atoms with Crippen molar-refractivity contribution in [3.8, 4) is 0 Å². The first-order valence-corrected chi connectivity index (χ1v) is 7.72. The van der Waals surface area contributed by atoms with Gasteiger partial charge in [0.05, 0.1) is 17.4 Å². The fourth-order valence-corrected chi connectivity index (χ4v) is 3.40. The average Bonchev–Trinajstić information content (AvgIpc) is 2.59. The minimum Gasteiger partial charge on any atom is -0.377 e. The van der Waals surface area contributed by atoms with E-state index in [9.17, 15) is 21.6 Å². The van der Waals surface area contributed by atoms with E-state index in [1.807, 2.05) is 0 Å². The van der Waals surface area contributed by atoms with Crippen molar-refractivity contribution in [2.45, 2.75) is 12.2 Å². The minimum atomic E-state index is -4.41. The summed E-state index contributed by atoms with van der Waals surface area (Å²) in [6, 6.07) is 2.74. The summed E-state index contributed by atoms with van der Waals surface area (Å²) in [6.45, 7) is 0. The molecule has 1 aromatic rings. The second kappa shape index (κ2) is 4.82. The standard InChI is InChI=1S/C11H9BrF3NO2S/c12-9-5-7(11(13,14)15)1-2-10(9)16-8-3-4-19(17,18)6-8/h1-5,8,16H,6H2. The van der Waals surface area contributed by atoms with Crippen molar-refractivity contribution in [1.29, 1.82) is 0 Å². The third kappa shape index (κ3) is 3.50. The third-order valence-corrected chi connectivity index (χ3v) is 4.62. The number of hydrogen-bond donors (Lipinski definition) is 1. The molecule has 0 radical (unpaired) electrons. The van der Waals surface area contributed by atoms with Gasteiger partial charge >= 0.3 is 6.18 Å². The first kappa shape index (κ1) is 14.4. The highest BCUT2D eigenvalue weighted by Gasteiger charge is 2.31. The maximum absolute atomic E-state index is 12.5. The zero-order valence-electron chi connectivity index (χ0n) is 9.41. The van der Waals surface area contributed by atoms with Crippen molar-refractivity contribution in [1.82, 2.24) is 0 Å². The van der Waals surface area contributed by atoms with Gasteiger partial charge in [0.25, 0.3) is 0 Å². The summed E-state index contributed by atoms with van der Waals surface area (Å²) in [4.78, 5) is 0. The predicted molar refractivity (Wildman–Crippen MR) is 69.5 cm³/mol. The molecule has 1 aliphatic rings. The number of alkyl halides is 3. The molecule has 1 atom stereocenters. The quantitative estimate of drug-likeness (QED) is 0.885. The van der Waals surface area contributed by atoms with Crippen molar-refractivity contribution in [2.24, 2.45) is 0 Å². The molecule has 1 heterocycles. The molecule has 1 aliphatic heterocycles. The summed E-state index contributed by atoms with van der Waals surface area (Å²) in [5.74, 6) is -0.0968. The number of halogens is 4. The van der Waals surface area contributed by atoms with E-state index in [-0.39, 0.29) is 10.2 Å².